The largest absolute Gasteiger partial charge is 0.308 e. The Balaban J connectivity index is 2.63. The minimum absolute atomic E-state index is 0.571. The van der Waals surface area contributed by atoms with Gasteiger partial charge in [-0.05, 0) is 32.5 Å². The molecular formula is C11H20N4. The van der Waals surface area contributed by atoms with Gasteiger partial charge in [-0.1, -0.05) is 13.0 Å². The first-order valence-electron chi connectivity index (χ1n) is 5.30. The lowest BCUT2D eigenvalue weighted by molar-refractivity contribution is 0.241. The smallest absolute Gasteiger partial charge is 0.140 e. The van der Waals surface area contributed by atoms with E-state index in [1.807, 2.05) is 18.2 Å². The average molecular weight is 208 g/mol. The van der Waals surface area contributed by atoms with Crippen LogP contribution in [0.3, 0.4) is 0 Å². The lowest BCUT2D eigenvalue weighted by Crippen LogP contribution is -2.28. The monoisotopic (exact) mass is 208 g/mol. The molecule has 1 atom stereocenters. The maximum Gasteiger partial charge on any atom is 0.140 e. The van der Waals surface area contributed by atoms with Gasteiger partial charge in [-0.15, -0.1) is 0 Å². The molecule has 15 heavy (non-hydrogen) atoms. The average Bonchev–Trinajstić information content (AvgIpc) is 2.28. The van der Waals surface area contributed by atoms with Crippen LogP contribution in [-0.4, -0.2) is 23.0 Å². The summed E-state index contributed by atoms with van der Waals surface area (Å²) >= 11 is 0. The topological polar surface area (TPSA) is 54.2 Å². The molecule has 0 bridgehead atoms. The Labute approximate surface area is 91.5 Å². The third kappa shape index (κ3) is 3.49. The molecule has 0 saturated carbocycles. The Morgan fingerprint density at radius 2 is 2.27 bits per heavy atom. The van der Waals surface area contributed by atoms with E-state index in [1.165, 1.54) is 0 Å². The van der Waals surface area contributed by atoms with E-state index in [9.17, 15) is 0 Å². The summed E-state index contributed by atoms with van der Waals surface area (Å²) in [6.45, 7) is 5.25. The third-order valence-corrected chi connectivity index (χ3v) is 2.71. The Bertz CT molecular complexity index is 300. The van der Waals surface area contributed by atoms with E-state index in [0.29, 0.717) is 11.9 Å². The molecule has 0 aliphatic heterocycles. The first-order chi connectivity index (χ1) is 7.17. The highest BCUT2D eigenvalue weighted by Crippen LogP contribution is 2.08. The number of hydrogen-bond acceptors (Lipinski definition) is 4. The van der Waals surface area contributed by atoms with Crippen molar-refractivity contribution in [2.75, 3.05) is 12.5 Å². The molecule has 1 aromatic heterocycles. The number of hydrazine groups is 1. The molecule has 4 heteroatoms. The van der Waals surface area contributed by atoms with Gasteiger partial charge in [0.05, 0.1) is 5.69 Å². The van der Waals surface area contributed by atoms with Crippen molar-refractivity contribution in [2.24, 2.45) is 5.84 Å². The number of nitrogens with one attached hydrogen (secondary N) is 1. The van der Waals surface area contributed by atoms with Crippen LogP contribution in [0, 0.1) is 0 Å². The van der Waals surface area contributed by atoms with Crippen LogP contribution in [-0.2, 0) is 6.54 Å². The molecule has 0 aliphatic carbocycles. The molecule has 1 heterocycles. The fraction of sp³-hybridized carbons (Fsp3) is 0.545. The van der Waals surface area contributed by atoms with E-state index >= 15 is 0 Å². The van der Waals surface area contributed by atoms with Crippen molar-refractivity contribution in [3.8, 4) is 0 Å². The molecule has 0 saturated heterocycles. The van der Waals surface area contributed by atoms with E-state index in [-0.39, 0.29) is 0 Å². The first kappa shape index (κ1) is 11.9. The van der Waals surface area contributed by atoms with Gasteiger partial charge in [0.25, 0.3) is 0 Å². The van der Waals surface area contributed by atoms with Gasteiger partial charge in [-0.2, -0.15) is 0 Å². The van der Waals surface area contributed by atoms with Crippen molar-refractivity contribution in [1.82, 2.24) is 9.88 Å². The number of nitrogen functional groups attached to an aromatic ring is 1. The third-order valence-electron chi connectivity index (χ3n) is 2.71. The second-order valence-electron chi connectivity index (χ2n) is 3.83. The van der Waals surface area contributed by atoms with Crippen LogP contribution in [0.1, 0.15) is 26.0 Å². The summed E-state index contributed by atoms with van der Waals surface area (Å²) in [6.07, 6.45) is 1.14. The molecule has 0 fully saturated rings. The van der Waals surface area contributed by atoms with Crippen LogP contribution >= 0.6 is 0 Å². The van der Waals surface area contributed by atoms with E-state index in [4.69, 9.17) is 5.84 Å². The molecule has 0 spiro atoms. The standard InChI is InChI=1S/C11H20N4/c1-4-9(2)15(3)8-10-6-5-7-11(13-10)14-12/h5-7,9H,4,8,12H2,1-3H3,(H,13,14). The van der Waals surface area contributed by atoms with Crippen molar-refractivity contribution < 1.29 is 0 Å². The summed E-state index contributed by atoms with van der Waals surface area (Å²) in [5.74, 6) is 6.02. The molecule has 0 amide bonds. The number of pyridine rings is 1. The molecule has 1 aromatic rings. The minimum Gasteiger partial charge on any atom is -0.308 e. The molecule has 0 aromatic carbocycles. The highest BCUT2D eigenvalue weighted by atomic mass is 15.3. The number of hydrogen-bond donors (Lipinski definition) is 2. The van der Waals surface area contributed by atoms with Crippen LogP contribution in [0.25, 0.3) is 0 Å². The maximum atomic E-state index is 5.31. The second-order valence-corrected chi connectivity index (χ2v) is 3.83. The molecule has 0 aliphatic rings. The van der Waals surface area contributed by atoms with Crippen LogP contribution in [0.4, 0.5) is 5.82 Å². The summed E-state index contributed by atoms with van der Waals surface area (Å²) in [5.41, 5.74) is 3.59. The molecule has 4 nitrogen and oxygen atoms in total. The number of nitrogens with two attached hydrogens (primary N) is 1. The number of anilines is 1. The fourth-order valence-corrected chi connectivity index (χ4v) is 1.37. The molecule has 3 N–H and O–H groups in total. The van der Waals surface area contributed by atoms with Crippen LogP contribution in [0.15, 0.2) is 18.2 Å². The van der Waals surface area contributed by atoms with Gasteiger partial charge in [0.2, 0.25) is 0 Å². The van der Waals surface area contributed by atoms with Crippen LogP contribution in [0.5, 0.6) is 0 Å². The van der Waals surface area contributed by atoms with Gasteiger partial charge in [0.1, 0.15) is 5.82 Å². The lowest BCUT2D eigenvalue weighted by Gasteiger charge is -2.23. The van der Waals surface area contributed by atoms with Crippen LogP contribution in [0.2, 0.25) is 0 Å². The number of aromatic nitrogens is 1. The summed E-state index contributed by atoms with van der Waals surface area (Å²) in [4.78, 5) is 6.65. The van der Waals surface area contributed by atoms with Crippen molar-refractivity contribution in [3.05, 3.63) is 23.9 Å². The van der Waals surface area contributed by atoms with Crippen molar-refractivity contribution >= 4 is 5.82 Å². The molecule has 0 radical (unpaired) electrons. The first-order valence-corrected chi connectivity index (χ1v) is 5.30. The zero-order valence-corrected chi connectivity index (χ0v) is 9.70. The van der Waals surface area contributed by atoms with Crippen molar-refractivity contribution in [2.45, 2.75) is 32.9 Å². The number of nitrogens with zero attached hydrogens (tertiary/aromatic N) is 2. The quantitative estimate of drug-likeness (QED) is 0.570. The summed E-state index contributed by atoms with van der Waals surface area (Å²) in [7, 11) is 2.11. The normalized spacial score (nSPS) is 12.9. The van der Waals surface area contributed by atoms with E-state index in [1.54, 1.807) is 0 Å². The van der Waals surface area contributed by atoms with Gasteiger partial charge in [0, 0.05) is 12.6 Å². The molecule has 1 unspecified atom stereocenters. The molecule has 84 valence electrons. The van der Waals surface area contributed by atoms with Crippen molar-refractivity contribution in [1.29, 1.82) is 0 Å². The predicted octanol–water partition coefficient (Wildman–Crippen LogP) is 1.60. The highest BCUT2D eigenvalue weighted by Gasteiger charge is 2.07. The Morgan fingerprint density at radius 1 is 1.53 bits per heavy atom. The Hall–Kier alpha value is -1.13. The Kier molecular flexibility index (Phi) is 4.52. The van der Waals surface area contributed by atoms with E-state index in [0.717, 1.165) is 18.7 Å². The van der Waals surface area contributed by atoms with Gasteiger partial charge >= 0.3 is 0 Å². The molecular weight excluding hydrogens is 188 g/mol. The SMILES string of the molecule is CCC(C)N(C)Cc1cccc(NN)n1. The van der Waals surface area contributed by atoms with Gasteiger partial charge in [-0.3, -0.25) is 4.90 Å². The van der Waals surface area contributed by atoms with Crippen molar-refractivity contribution in [3.63, 3.8) is 0 Å². The fourth-order valence-electron chi connectivity index (χ4n) is 1.37. The van der Waals surface area contributed by atoms with Gasteiger partial charge in [-0.25, -0.2) is 10.8 Å². The van der Waals surface area contributed by atoms with E-state index in [2.05, 4.69) is 36.2 Å². The van der Waals surface area contributed by atoms with Gasteiger partial charge in [0.15, 0.2) is 0 Å². The van der Waals surface area contributed by atoms with Crippen LogP contribution < -0.4 is 11.3 Å². The summed E-state index contributed by atoms with van der Waals surface area (Å²) in [6, 6.07) is 6.40. The predicted molar refractivity (Wildman–Crippen MR) is 63.3 cm³/mol. The minimum atomic E-state index is 0.571. The zero-order chi connectivity index (χ0) is 11.3. The van der Waals surface area contributed by atoms with Gasteiger partial charge < -0.3 is 5.43 Å². The second kappa shape index (κ2) is 5.68. The summed E-state index contributed by atoms with van der Waals surface area (Å²) < 4.78 is 0. The Morgan fingerprint density at radius 3 is 2.87 bits per heavy atom. The maximum absolute atomic E-state index is 5.31. The zero-order valence-electron chi connectivity index (χ0n) is 9.70. The molecule has 1 rings (SSSR count). The highest BCUT2D eigenvalue weighted by molar-refractivity contribution is 5.33. The lowest BCUT2D eigenvalue weighted by atomic mass is 10.2. The number of rotatable bonds is 5. The summed E-state index contributed by atoms with van der Waals surface area (Å²) in [5, 5.41) is 0. The van der Waals surface area contributed by atoms with E-state index < -0.39 is 0 Å².